The Morgan fingerprint density at radius 1 is 1.15 bits per heavy atom. The molecule has 0 aliphatic heterocycles. The topological polar surface area (TPSA) is 38.3 Å². The van der Waals surface area contributed by atoms with Crippen molar-refractivity contribution in [2.45, 2.75) is 33.3 Å². The molecule has 2 rings (SSSR count). The Balaban J connectivity index is 2.06. The second kappa shape index (κ2) is 5.67. The number of carbonyl (C=O) groups is 1. The molecule has 0 fully saturated rings. The molecule has 0 saturated carbocycles. The van der Waals surface area contributed by atoms with Crippen LogP contribution in [0.25, 0.3) is 11.1 Å². The molecule has 1 aromatic heterocycles. The highest BCUT2D eigenvalue weighted by atomic mass is 32.1. The maximum Gasteiger partial charge on any atom is 0.412 e. The minimum Gasteiger partial charge on any atom is -0.444 e. The van der Waals surface area contributed by atoms with Gasteiger partial charge in [0.2, 0.25) is 0 Å². The Hall–Kier alpha value is -1.81. The van der Waals surface area contributed by atoms with Crippen LogP contribution in [0.4, 0.5) is 10.5 Å². The zero-order chi connectivity index (χ0) is 14.8. The van der Waals surface area contributed by atoms with E-state index in [9.17, 15) is 4.79 Å². The van der Waals surface area contributed by atoms with E-state index in [1.54, 1.807) is 11.3 Å². The number of anilines is 1. The summed E-state index contributed by atoms with van der Waals surface area (Å²) in [5.74, 6) is 0. The number of benzene rings is 1. The highest BCUT2D eigenvalue weighted by Gasteiger charge is 2.16. The second-order valence-corrected chi connectivity index (χ2v) is 6.71. The molecule has 1 heterocycles. The maximum atomic E-state index is 11.7. The van der Waals surface area contributed by atoms with Gasteiger partial charge in [0, 0.05) is 10.6 Å². The van der Waals surface area contributed by atoms with Gasteiger partial charge in [-0.1, -0.05) is 12.1 Å². The van der Waals surface area contributed by atoms with E-state index in [0.29, 0.717) is 0 Å². The number of ether oxygens (including phenoxy) is 1. The fourth-order valence-electron chi connectivity index (χ4n) is 1.84. The van der Waals surface area contributed by atoms with E-state index in [-0.39, 0.29) is 0 Å². The van der Waals surface area contributed by atoms with Crippen LogP contribution in [0.1, 0.15) is 25.6 Å². The highest BCUT2D eigenvalue weighted by molar-refractivity contribution is 7.10. The number of hydrogen-bond acceptors (Lipinski definition) is 3. The van der Waals surface area contributed by atoms with Gasteiger partial charge in [-0.25, -0.2) is 4.79 Å². The molecule has 0 radical (unpaired) electrons. The van der Waals surface area contributed by atoms with Crippen LogP contribution >= 0.6 is 11.3 Å². The molecule has 3 nitrogen and oxygen atoms in total. The maximum absolute atomic E-state index is 11.7. The molecule has 0 unspecified atom stereocenters. The predicted octanol–water partition coefficient (Wildman–Crippen LogP) is 5.07. The standard InChI is InChI=1S/C16H19NO2S/c1-11-14(9-10-20-11)12-5-7-13(8-6-12)17-15(18)19-16(2,3)4/h5-10H,1-4H3,(H,17,18). The van der Waals surface area contributed by atoms with Gasteiger partial charge < -0.3 is 4.74 Å². The van der Waals surface area contributed by atoms with Crippen molar-refractivity contribution < 1.29 is 9.53 Å². The lowest BCUT2D eigenvalue weighted by Crippen LogP contribution is -2.27. The largest absolute Gasteiger partial charge is 0.444 e. The van der Waals surface area contributed by atoms with Crippen LogP contribution in [0.15, 0.2) is 35.7 Å². The summed E-state index contributed by atoms with van der Waals surface area (Å²) in [5, 5.41) is 4.81. The first-order valence-corrected chi connectivity index (χ1v) is 7.38. The zero-order valence-corrected chi connectivity index (χ0v) is 13.0. The quantitative estimate of drug-likeness (QED) is 0.838. The van der Waals surface area contributed by atoms with Crippen LogP contribution < -0.4 is 5.32 Å². The summed E-state index contributed by atoms with van der Waals surface area (Å²) in [4.78, 5) is 13.0. The van der Waals surface area contributed by atoms with Crippen LogP contribution in [0.3, 0.4) is 0 Å². The van der Waals surface area contributed by atoms with Gasteiger partial charge in [-0.2, -0.15) is 0 Å². The van der Waals surface area contributed by atoms with E-state index >= 15 is 0 Å². The third-order valence-corrected chi connectivity index (χ3v) is 3.55. The molecule has 0 aliphatic carbocycles. The summed E-state index contributed by atoms with van der Waals surface area (Å²) in [7, 11) is 0. The Kier molecular flexibility index (Phi) is 4.14. The molecule has 20 heavy (non-hydrogen) atoms. The lowest BCUT2D eigenvalue weighted by molar-refractivity contribution is 0.0636. The zero-order valence-electron chi connectivity index (χ0n) is 12.2. The van der Waals surface area contributed by atoms with Crippen molar-refractivity contribution in [1.29, 1.82) is 0 Å². The molecule has 106 valence electrons. The van der Waals surface area contributed by atoms with Crippen LogP contribution in [0.5, 0.6) is 0 Å². The molecule has 0 saturated heterocycles. The minimum absolute atomic E-state index is 0.433. The molecular weight excluding hydrogens is 270 g/mol. The smallest absolute Gasteiger partial charge is 0.412 e. The van der Waals surface area contributed by atoms with E-state index in [0.717, 1.165) is 11.3 Å². The molecule has 1 amide bonds. The van der Waals surface area contributed by atoms with Gasteiger partial charge >= 0.3 is 6.09 Å². The van der Waals surface area contributed by atoms with Gasteiger partial charge in [0.15, 0.2) is 0 Å². The molecule has 0 bridgehead atoms. The van der Waals surface area contributed by atoms with Crippen molar-refractivity contribution in [2.24, 2.45) is 0 Å². The normalized spacial score (nSPS) is 11.2. The summed E-state index contributed by atoms with van der Waals surface area (Å²) in [6.07, 6.45) is -0.433. The number of carbonyl (C=O) groups excluding carboxylic acids is 1. The lowest BCUT2D eigenvalue weighted by Gasteiger charge is -2.19. The van der Waals surface area contributed by atoms with Crippen LogP contribution in [-0.4, -0.2) is 11.7 Å². The van der Waals surface area contributed by atoms with Gasteiger partial charge in [0.05, 0.1) is 0 Å². The first-order chi connectivity index (χ1) is 9.35. The fraction of sp³-hybridized carbons (Fsp3) is 0.312. The van der Waals surface area contributed by atoms with E-state index < -0.39 is 11.7 Å². The van der Waals surface area contributed by atoms with Crippen molar-refractivity contribution in [1.82, 2.24) is 0 Å². The average molecular weight is 289 g/mol. The monoisotopic (exact) mass is 289 g/mol. The first-order valence-electron chi connectivity index (χ1n) is 6.50. The van der Waals surface area contributed by atoms with Crippen molar-refractivity contribution in [3.8, 4) is 11.1 Å². The molecule has 1 aromatic carbocycles. The second-order valence-electron chi connectivity index (χ2n) is 5.59. The molecule has 1 N–H and O–H groups in total. The molecule has 4 heteroatoms. The summed E-state index contributed by atoms with van der Waals surface area (Å²) >= 11 is 1.73. The molecular formula is C16H19NO2S. The average Bonchev–Trinajstić information content (AvgIpc) is 2.74. The number of thiophene rings is 1. The number of amides is 1. The number of rotatable bonds is 2. The molecule has 0 aliphatic rings. The summed E-state index contributed by atoms with van der Waals surface area (Å²) < 4.78 is 5.21. The lowest BCUT2D eigenvalue weighted by atomic mass is 10.1. The minimum atomic E-state index is -0.488. The molecule has 2 aromatic rings. The Labute approximate surface area is 123 Å². The Morgan fingerprint density at radius 3 is 2.30 bits per heavy atom. The summed E-state index contributed by atoms with van der Waals surface area (Å²) in [6.45, 7) is 7.63. The van der Waals surface area contributed by atoms with Crippen LogP contribution in [0.2, 0.25) is 0 Å². The van der Waals surface area contributed by atoms with Crippen molar-refractivity contribution >= 4 is 23.1 Å². The van der Waals surface area contributed by atoms with Gasteiger partial charge in [-0.15, -0.1) is 11.3 Å². The van der Waals surface area contributed by atoms with Gasteiger partial charge in [0.25, 0.3) is 0 Å². The van der Waals surface area contributed by atoms with Crippen LogP contribution in [-0.2, 0) is 4.74 Å². The highest BCUT2D eigenvalue weighted by Crippen LogP contribution is 2.28. The summed E-state index contributed by atoms with van der Waals surface area (Å²) in [5.41, 5.74) is 2.63. The van der Waals surface area contributed by atoms with Gasteiger partial charge in [-0.05, 0) is 62.4 Å². The van der Waals surface area contributed by atoms with E-state index in [4.69, 9.17) is 4.74 Å². The number of nitrogens with one attached hydrogen (secondary N) is 1. The third kappa shape index (κ3) is 3.84. The van der Waals surface area contributed by atoms with E-state index in [1.165, 1.54) is 10.4 Å². The van der Waals surface area contributed by atoms with Crippen molar-refractivity contribution in [2.75, 3.05) is 5.32 Å². The Morgan fingerprint density at radius 2 is 1.80 bits per heavy atom. The SMILES string of the molecule is Cc1sccc1-c1ccc(NC(=O)OC(C)(C)C)cc1. The predicted molar refractivity (Wildman–Crippen MR) is 84.3 cm³/mol. The fourth-order valence-corrected chi connectivity index (χ4v) is 2.56. The number of hydrogen-bond donors (Lipinski definition) is 1. The summed E-state index contributed by atoms with van der Waals surface area (Å²) in [6, 6.07) is 9.88. The Bertz CT molecular complexity index is 594. The molecule has 0 atom stereocenters. The van der Waals surface area contributed by atoms with E-state index in [2.05, 4.69) is 23.7 Å². The van der Waals surface area contributed by atoms with Crippen molar-refractivity contribution in [3.05, 3.63) is 40.6 Å². The molecule has 0 spiro atoms. The first kappa shape index (κ1) is 14.6. The van der Waals surface area contributed by atoms with Gasteiger partial charge in [0.1, 0.15) is 5.60 Å². The van der Waals surface area contributed by atoms with Gasteiger partial charge in [-0.3, -0.25) is 5.32 Å². The number of aryl methyl sites for hydroxylation is 1. The van der Waals surface area contributed by atoms with Crippen LogP contribution in [0, 0.1) is 6.92 Å². The third-order valence-electron chi connectivity index (χ3n) is 2.70. The van der Waals surface area contributed by atoms with Crippen molar-refractivity contribution in [3.63, 3.8) is 0 Å². The van der Waals surface area contributed by atoms with E-state index in [1.807, 2.05) is 45.0 Å².